The summed E-state index contributed by atoms with van der Waals surface area (Å²) in [5.41, 5.74) is 0. The van der Waals surface area contributed by atoms with Crippen LogP contribution in [0.4, 0.5) is 0 Å². The molecule has 1 atom stereocenters. The van der Waals surface area contributed by atoms with Crippen LogP contribution < -0.4 is 0 Å². The van der Waals surface area contributed by atoms with E-state index in [4.69, 9.17) is 0 Å². The predicted octanol–water partition coefficient (Wildman–Crippen LogP) is 1.98. The van der Waals surface area contributed by atoms with Crippen molar-refractivity contribution in [2.24, 2.45) is 5.92 Å². The van der Waals surface area contributed by atoms with Crippen molar-refractivity contribution in [1.82, 2.24) is 9.80 Å². The highest BCUT2D eigenvalue weighted by Gasteiger charge is 2.39. The van der Waals surface area contributed by atoms with Crippen molar-refractivity contribution in [2.45, 2.75) is 38.1 Å². The maximum absolute atomic E-state index is 12.5. The minimum Gasteiger partial charge on any atom is -0.339 e. The second-order valence-electron chi connectivity index (χ2n) is 5.71. The summed E-state index contributed by atoms with van der Waals surface area (Å²) in [6, 6.07) is 0.368. The predicted molar refractivity (Wildman–Crippen MR) is 79.1 cm³/mol. The van der Waals surface area contributed by atoms with Gasteiger partial charge in [-0.15, -0.1) is 13.2 Å². The Labute approximate surface area is 121 Å². The topological polar surface area (TPSA) is 40.6 Å². The fourth-order valence-electron chi connectivity index (χ4n) is 3.29. The summed E-state index contributed by atoms with van der Waals surface area (Å²) >= 11 is 0. The number of rotatable bonds is 6. The molecule has 1 aliphatic carbocycles. The molecular formula is C16H24N2O2. The van der Waals surface area contributed by atoms with Crippen molar-refractivity contribution in [3.05, 3.63) is 25.3 Å². The molecule has 20 heavy (non-hydrogen) atoms. The molecule has 1 aliphatic heterocycles. The van der Waals surface area contributed by atoms with Crippen molar-refractivity contribution in [3.8, 4) is 0 Å². The van der Waals surface area contributed by atoms with Gasteiger partial charge in [-0.05, 0) is 12.8 Å². The van der Waals surface area contributed by atoms with E-state index in [1.165, 1.54) is 12.8 Å². The van der Waals surface area contributed by atoms with Gasteiger partial charge in [0.15, 0.2) is 0 Å². The van der Waals surface area contributed by atoms with E-state index in [2.05, 4.69) is 13.2 Å². The lowest BCUT2D eigenvalue weighted by molar-refractivity contribution is -0.134. The van der Waals surface area contributed by atoms with E-state index < -0.39 is 0 Å². The summed E-state index contributed by atoms with van der Waals surface area (Å²) in [7, 11) is 0. The second kappa shape index (κ2) is 6.73. The summed E-state index contributed by atoms with van der Waals surface area (Å²) in [5.74, 6) is 0.00838. The van der Waals surface area contributed by atoms with E-state index in [-0.39, 0.29) is 17.7 Å². The molecule has 0 spiro atoms. The molecule has 1 heterocycles. The van der Waals surface area contributed by atoms with Crippen LogP contribution in [0.5, 0.6) is 0 Å². The van der Waals surface area contributed by atoms with Crippen molar-refractivity contribution in [2.75, 3.05) is 19.6 Å². The molecule has 0 aromatic carbocycles. The first-order valence-electron chi connectivity index (χ1n) is 7.47. The lowest BCUT2D eigenvalue weighted by Gasteiger charge is -2.25. The van der Waals surface area contributed by atoms with Crippen LogP contribution in [0.1, 0.15) is 32.1 Å². The van der Waals surface area contributed by atoms with Gasteiger partial charge in [0.05, 0.1) is 5.92 Å². The number of amides is 2. The minimum atomic E-state index is -0.192. The van der Waals surface area contributed by atoms with Gasteiger partial charge in [0.25, 0.3) is 0 Å². The first-order valence-corrected chi connectivity index (χ1v) is 7.47. The van der Waals surface area contributed by atoms with Gasteiger partial charge >= 0.3 is 0 Å². The lowest BCUT2D eigenvalue weighted by atomic mass is 10.1. The number of hydrogen-bond acceptors (Lipinski definition) is 2. The maximum atomic E-state index is 12.5. The lowest BCUT2D eigenvalue weighted by Crippen LogP contribution is -2.39. The van der Waals surface area contributed by atoms with Crippen LogP contribution in [0.3, 0.4) is 0 Å². The molecule has 4 nitrogen and oxygen atoms in total. The minimum absolute atomic E-state index is 0.0543. The zero-order valence-electron chi connectivity index (χ0n) is 12.1. The summed E-state index contributed by atoms with van der Waals surface area (Å²) in [6.45, 7) is 8.97. The first kappa shape index (κ1) is 14.8. The first-order chi connectivity index (χ1) is 9.67. The Morgan fingerprint density at radius 1 is 1.25 bits per heavy atom. The van der Waals surface area contributed by atoms with Crippen LogP contribution in [0.15, 0.2) is 25.3 Å². The quantitative estimate of drug-likeness (QED) is 0.696. The molecule has 2 fully saturated rings. The van der Waals surface area contributed by atoms with Crippen LogP contribution in [0.2, 0.25) is 0 Å². The summed E-state index contributed by atoms with van der Waals surface area (Å²) in [4.78, 5) is 28.3. The molecule has 0 aromatic rings. The zero-order chi connectivity index (χ0) is 14.5. The standard InChI is InChI=1S/C16H24N2O2/c1-3-9-17(10-4-2)16(20)13-11-15(19)18(12-13)14-7-5-6-8-14/h3-4,13-14H,1-2,5-12H2. The highest BCUT2D eigenvalue weighted by molar-refractivity contribution is 5.89. The van der Waals surface area contributed by atoms with Gasteiger partial charge < -0.3 is 9.80 Å². The number of nitrogens with zero attached hydrogens (tertiary/aromatic N) is 2. The van der Waals surface area contributed by atoms with E-state index in [9.17, 15) is 9.59 Å². The smallest absolute Gasteiger partial charge is 0.228 e. The third kappa shape index (κ3) is 3.11. The van der Waals surface area contributed by atoms with Gasteiger partial charge in [-0.25, -0.2) is 0 Å². The van der Waals surface area contributed by atoms with Crippen molar-refractivity contribution < 1.29 is 9.59 Å². The van der Waals surface area contributed by atoms with Crippen molar-refractivity contribution >= 4 is 11.8 Å². The average Bonchev–Trinajstić information content (AvgIpc) is 3.06. The largest absolute Gasteiger partial charge is 0.339 e. The second-order valence-corrected chi connectivity index (χ2v) is 5.71. The van der Waals surface area contributed by atoms with Gasteiger partial charge in [0.2, 0.25) is 11.8 Å². The van der Waals surface area contributed by atoms with Gasteiger partial charge in [-0.1, -0.05) is 25.0 Å². The molecule has 110 valence electrons. The molecule has 2 rings (SSSR count). The van der Waals surface area contributed by atoms with E-state index in [1.807, 2.05) is 4.90 Å². The van der Waals surface area contributed by atoms with Gasteiger partial charge in [-0.3, -0.25) is 9.59 Å². The Hall–Kier alpha value is -1.58. The van der Waals surface area contributed by atoms with Gasteiger partial charge in [-0.2, -0.15) is 0 Å². The van der Waals surface area contributed by atoms with Crippen molar-refractivity contribution in [3.63, 3.8) is 0 Å². The normalized spacial score (nSPS) is 23.1. The summed E-state index contributed by atoms with van der Waals surface area (Å²) in [5, 5.41) is 0. The Bertz CT molecular complexity index is 389. The van der Waals surface area contributed by atoms with Crippen LogP contribution in [0, 0.1) is 5.92 Å². The number of likely N-dealkylation sites (tertiary alicyclic amines) is 1. The monoisotopic (exact) mass is 276 g/mol. The fraction of sp³-hybridized carbons (Fsp3) is 0.625. The number of hydrogen-bond donors (Lipinski definition) is 0. The zero-order valence-corrected chi connectivity index (χ0v) is 12.1. The van der Waals surface area contributed by atoms with Gasteiger partial charge in [0, 0.05) is 32.1 Å². The Morgan fingerprint density at radius 3 is 2.40 bits per heavy atom. The highest BCUT2D eigenvalue weighted by Crippen LogP contribution is 2.30. The SMILES string of the molecule is C=CCN(CC=C)C(=O)C1CC(=O)N(C2CCCC2)C1. The molecule has 0 N–H and O–H groups in total. The van der Waals surface area contributed by atoms with Crippen LogP contribution in [0.25, 0.3) is 0 Å². The average molecular weight is 276 g/mol. The highest BCUT2D eigenvalue weighted by atomic mass is 16.2. The molecule has 0 bridgehead atoms. The molecule has 1 saturated heterocycles. The van der Waals surface area contributed by atoms with Crippen molar-refractivity contribution in [1.29, 1.82) is 0 Å². The molecule has 2 amide bonds. The Kier molecular flexibility index (Phi) is 4.99. The van der Waals surface area contributed by atoms with Crippen LogP contribution in [-0.2, 0) is 9.59 Å². The Balaban J connectivity index is 1.98. The van der Waals surface area contributed by atoms with Gasteiger partial charge in [0.1, 0.15) is 0 Å². The molecule has 0 radical (unpaired) electrons. The summed E-state index contributed by atoms with van der Waals surface area (Å²) < 4.78 is 0. The molecular weight excluding hydrogens is 252 g/mol. The molecule has 1 unspecified atom stereocenters. The number of carbonyl (C=O) groups excluding carboxylic acids is 2. The maximum Gasteiger partial charge on any atom is 0.228 e. The molecule has 2 aliphatic rings. The Morgan fingerprint density at radius 2 is 1.85 bits per heavy atom. The van der Waals surface area contributed by atoms with E-state index in [0.717, 1.165) is 12.8 Å². The molecule has 1 saturated carbocycles. The van der Waals surface area contributed by atoms with Crippen LogP contribution in [-0.4, -0.2) is 47.3 Å². The third-order valence-corrected chi connectivity index (χ3v) is 4.28. The van der Waals surface area contributed by atoms with E-state index >= 15 is 0 Å². The molecule has 4 heteroatoms. The number of carbonyl (C=O) groups is 2. The third-order valence-electron chi connectivity index (χ3n) is 4.28. The molecule has 0 aromatic heterocycles. The van der Waals surface area contributed by atoms with E-state index in [1.54, 1.807) is 17.1 Å². The summed E-state index contributed by atoms with van der Waals surface area (Å²) in [6.07, 6.45) is 8.38. The fourth-order valence-corrected chi connectivity index (χ4v) is 3.29. The van der Waals surface area contributed by atoms with E-state index in [0.29, 0.717) is 32.1 Å². The van der Waals surface area contributed by atoms with Crippen LogP contribution >= 0.6 is 0 Å².